The third-order valence-corrected chi connectivity index (χ3v) is 13.0. The topological polar surface area (TPSA) is 9.86 Å². The number of allylic oxidation sites excluding steroid dienone is 4. The molecule has 2 nitrogen and oxygen atoms in total. The summed E-state index contributed by atoms with van der Waals surface area (Å²) < 4.78 is 4.93. The molecule has 0 amide bonds. The fourth-order valence-electron chi connectivity index (χ4n) is 10.1. The SMILES string of the molecule is C1=CCCC(c2ccc(-c3ccccc3)n2-c2ccc3c(-c4ccc5ccccc5c4)c4cc(-n5c(-c6ccccc6)ccc5-c5ccccc5)ccc4c(-c4ccccc4)c3c2)=C1. The van der Waals surface area contributed by atoms with Crippen LogP contribution >= 0.6 is 0 Å². The van der Waals surface area contributed by atoms with Crippen LogP contribution in [0, 0.1) is 0 Å². The molecule has 0 saturated heterocycles. The Morgan fingerprint density at radius 2 is 0.766 bits per heavy atom. The number of aromatic nitrogens is 2. The van der Waals surface area contributed by atoms with Gasteiger partial charge in [-0.2, -0.15) is 0 Å². The molecule has 1 aliphatic carbocycles. The minimum Gasteiger partial charge on any atom is -0.310 e. The van der Waals surface area contributed by atoms with Crippen molar-refractivity contribution in [3.05, 3.63) is 248 Å². The van der Waals surface area contributed by atoms with Crippen LogP contribution < -0.4 is 0 Å². The van der Waals surface area contributed by atoms with E-state index >= 15 is 0 Å². The van der Waals surface area contributed by atoms with Crippen LogP contribution in [0.4, 0.5) is 0 Å². The Morgan fingerprint density at radius 1 is 0.312 bits per heavy atom. The van der Waals surface area contributed by atoms with Crippen LogP contribution in [0.3, 0.4) is 0 Å². The van der Waals surface area contributed by atoms with Gasteiger partial charge in [0.2, 0.25) is 0 Å². The van der Waals surface area contributed by atoms with E-state index in [1.807, 2.05) is 0 Å². The van der Waals surface area contributed by atoms with Gasteiger partial charge in [-0.25, -0.2) is 0 Å². The molecule has 0 saturated carbocycles. The van der Waals surface area contributed by atoms with E-state index in [4.69, 9.17) is 0 Å². The molecule has 1 aliphatic rings. The first kappa shape index (κ1) is 37.6. The number of benzene rings is 9. The van der Waals surface area contributed by atoms with Gasteiger partial charge in [0.15, 0.2) is 0 Å². The van der Waals surface area contributed by atoms with Gasteiger partial charge < -0.3 is 9.13 Å². The van der Waals surface area contributed by atoms with Gasteiger partial charge in [0.05, 0.1) is 17.1 Å². The summed E-state index contributed by atoms with van der Waals surface area (Å²) in [5, 5.41) is 7.33. The fourth-order valence-corrected chi connectivity index (χ4v) is 10.1. The molecule has 0 spiro atoms. The molecular formula is C62H44N2. The first-order valence-electron chi connectivity index (χ1n) is 22.3. The first-order chi connectivity index (χ1) is 31.8. The Hall–Kier alpha value is -8.20. The van der Waals surface area contributed by atoms with Crippen molar-refractivity contribution >= 4 is 37.9 Å². The van der Waals surface area contributed by atoms with E-state index in [1.54, 1.807) is 0 Å². The number of fused-ring (bicyclic) bond motifs is 3. The van der Waals surface area contributed by atoms with E-state index in [-0.39, 0.29) is 0 Å². The van der Waals surface area contributed by atoms with E-state index in [0.29, 0.717) is 0 Å². The molecule has 0 radical (unpaired) electrons. The monoisotopic (exact) mass is 816 g/mol. The summed E-state index contributed by atoms with van der Waals surface area (Å²) in [5.74, 6) is 0. The van der Waals surface area contributed by atoms with Gasteiger partial charge in [-0.1, -0.05) is 188 Å². The molecular weight excluding hydrogens is 773 g/mol. The third kappa shape index (κ3) is 6.51. The van der Waals surface area contributed by atoms with Crippen LogP contribution in [0.15, 0.2) is 243 Å². The first-order valence-corrected chi connectivity index (χ1v) is 22.3. The fraction of sp³-hybridized carbons (Fsp3) is 0.0323. The van der Waals surface area contributed by atoms with Gasteiger partial charge in [-0.15, -0.1) is 0 Å². The largest absolute Gasteiger partial charge is 0.310 e. The highest BCUT2D eigenvalue weighted by molar-refractivity contribution is 6.22. The summed E-state index contributed by atoms with van der Waals surface area (Å²) in [6.07, 6.45) is 8.82. The molecule has 9 aromatic carbocycles. The predicted octanol–water partition coefficient (Wildman–Crippen LogP) is 16.8. The van der Waals surface area contributed by atoms with Crippen molar-refractivity contribution in [1.29, 1.82) is 0 Å². The van der Waals surface area contributed by atoms with Crippen LogP contribution in [0.2, 0.25) is 0 Å². The van der Waals surface area contributed by atoms with E-state index in [9.17, 15) is 0 Å². The van der Waals surface area contributed by atoms with Crippen molar-refractivity contribution in [3.63, 3.8) is 0 Å². The standard InChI is InChI=1S/C62H44N2/c1-6-19-44(20-7-1)57-36-37-58(45-21-8-2-9-22-45)63(57)51-33-35-54-55(41-51)61(48-27-14-5-15-28-48)53-34-32-52(42-56(53)62(54)50-31-30-43-18-16-17-29-49(43)40-50)64-59(46-23-10-3-11-24-46)38-39-60(64)47-25-12-4-13-26-47/h1-8,10-21,23-42H,9,22H2. The number of hydrogen-bond acceptors (Lipinski definition) is 0. The Bertz CT molecular complexity index is 3510. The molecule has 302 valence electrons. The van der Waals surface area contributed by atoms with Crippen molar-refractivity contribution in [2.45, 2.75) is 12.8 Å². The van der Waals surface area contributed by atoms with Gasteiger partial charge in [0.25, 0.3) is 0 Å². The zero-order chi connectivity index (χ0) is 42.4. The van der Waals surface area contributed by atoms with Gasteiger partial charge in [0, 0.05) is 17.1 Å². The smallest absolute Gasteiger partial charge is 0.0535 e. The molecule has 2 heteroatoms. The normalized spacial score (nSPS) is 12.6. The summed E-state index contributed by atoms with van der Waals surface area (Å²) in [7, 11) is 0. The van der Waals surface area contributed by atoms with Crippen molar-refractivity contribution in [1.82, 2.24) is 9.13 Å². The lowest BCUT2D eigenvalue weighted by atomic mass is 9.85. The molecule has 0 fully saturated rings. The van der Waals surface area contributed by atoms with Crippen LogP contribution in [0.25, 0.3) is 105 Å². The Labute approximate surface area is 374 Å². The van der Waals surface area contributed by atoms with Gasteiger partial charge in [0.1, 0.15) is 0 Å². The average Bonchev–Trinajstić information content (AvgIpc) is 4.03. The average molecular weight is 817 g/mol. The van der Waals surface area contributed by atoms with Crippen molar-refractivity contribution in [2.75, 3.05) is 0 Å². The molecule has 0 unspecified atom stereocenters. The van der Waals surface area contributed by atoms with E-state index in [1.165, 1.54) is 88.2 Å². The minimum atomic E-state index is 1.01. The third-order valence-electron chi connectivity index (χ3n) is 13.0. The van der Waals surface area contributed by atoms with E-state index < -0.39 is 0 Å². The summed E-state index contributed by atoms with van der Waals surface area (Å²) in [5.41, 5.74) is 16.7. The lowest BCUT2D eigenvalue weighted by molar-refractivity contribution is 0.998. The highest BCUT2D eigenvalue weighted by Crippen LogP contribution is 2.47. The second-order valence-corrected chi connectivity index (χ2v) is 16.8. The number of rotatable bonds is 8. The van der Waals surface area contributed by atoms with Crippen LogP contribution in [-0.2, 0) is 0 Å². The van der Waals surface area contributed by atoms with Gasteiger partial charge in [-0.05, 0) is 144 Å². The lowest BCUT2D eigenvalue weighted by Gasteiger charge is -2.22. The van der Waals surface area contributed by atoms with Crippen LogP contribution in [0.5, 0.6) is 0 Å². The minimum absolute atomic E-state index is 1.01. The molecule has 64 heavy (non-hydrogen) atoms. The maximum Gasteiger partial charge on any atom is 0.0535 e. The molecule has 0 N–H and O–H groups in total. The quantitative estimate of drug-likeness (QED) is 0.135. The van der Waals surface area contributed by atoms with Gasteiger partial charge >= 0.3 is 0 Å². The van der Waals surface area contributed by atoms with Crippen molar-refractivity contribution < 1.29 is 0 Å². The highest BCUT2D eigenvalue weighted by atomic mass is 15.0. The predicted molar refractivity (Wildman–Crippen MR) is 271 cm³/mol. The molecule has 11 aromatic rings. The molecule has 2 aromatic heterocycles. The Balaban J connectivity index is 1.19. The van der Waals surface area contributed by atoms with Crippen molar-refractivity contribution in [2.24, 2.45) is 0 Å². The van der Waals surface area contributed by atoms with E-state index in [2.05, 4.69) is 252 Å². The molecule has 2 heterocycles. The second-order valence-electron chi connectivity index (χ2n) is 16.8. The molecule has 12 rings (SSSR count). The van der Waals surface area contributed by atoms with E-state index in [0.717, 1.165) is 35.6 Å². The Kier molecular flexibility index (Phi) is 9.34. The summed E-state index contributed by atoms with van der Waals surface area (Å²) >= 11 is 0. The van der Waals surface area contributed by atoms with Crippen LogP contribution in [0.1, 0.15) is 18.5 Å². The summed E-state index contributed by atoms with van der Waals surface area (Å²) in [6, 6.07) is 82.5. The van der Waals surface area contributed by atoms with Crippen molar-refractivity contribution in [3.8, 4) is 67.4 Å². The number of nitrogens with zero attached hydrogens (tertiary/aromatic N) is 2. The van der Waals surface area contributed by atoms with Crippen LogP contribution in [-0.4, -0.2) is 9.13 Å². The molecule has 0 atom stereocenters. The second kappa shape index (κ2) is 15.9. The highest BCUT2D eigenvalue weighted by Gasteiger charge is 2.22. The molecule has 0 bridgehead atoms. The number of hydrogen-bond donors (Lipinski definition) is 0. The maximum atomic E-state index is 2.49. The lowest BCUT2D eigenvalue weighted by Crippen LogP contribution is -2.04. The summed E-state index contributed by atoms with van der Waals surface area (Å²) in [6.45, 7) is 0. The Morgan fingerprint density at radius 3 is 1.28 bits per heavy atom. The zero-order valence-electron chi connectivity index (χ0n) is 35.4. The zero-order valence-corrected chi connectivity index (χ0v) is 35.4. The molecule has 0 aliphatic heterocycles. The maximum absolute atomic E-state index is 2.49. The van der Waals surface area contributed by atoms with Gasteiger partial charge in [-0.3, -0.25) is 0 Å². The summed E-state index contributed by atoms with van der Waals surface area (Å²) in [4.78, 5) is 0.